The molecule has 328 valence electrons. The van der Waals surface area contributed by atoms with Crippen molar-refractivity contribution in [3.05, 3.63) is 33.9 Å². The van der Waals surface area contributed by atoms with E-state index in [4.69, 9.17) is 18.9 Å². The second-order valence-corrected chi connectivity index (χ2v) is 28.7. The van der Waals surface area contributed by atoms with Gasteiger partial charge in [0, 0.05) is 28.1 Å². The maximum atomic E-state index is 6.03. The number of unbranched alkanes of at least 4 members (excludes halogenated alkanes) is 14. The van der Waals surface area contributed by atoms with Gasteiger partial charge in [0.2, 0.25) is 0 Å². The maximum Gasteiger partial charge on any atom is 0.0717 e. The fourth-order valence-corrected chi connectivity index (χ4v) is 23.5. The monoisotopic (exact) mass is 1010 g/mol. The lowest BCUT2D eigenvalue weighted by Crippen LogP contribution is -2.08. The molecule has 0 amide bonds. The lowest BCUT2D eigenvalue weighted by atomic mass is 10.1. The third-order valence-corrected chi connectivity index (χ3v) is 26.0. The van der Waals surface area contributed by atoms with Crippen molar-refractivity contribution < 1.29 is 18.9 Å². The molecule has 4 aliphatic heterocycles. The zero-order chi connectivity index (χ0) is 39.9. The molecule has 0 saturated heterocycles. The molecule has 0 unspecified atom stereocenters. The van der Waals surface area contributed by atoms with Gasteiger partial charge in [-0.1, -0.05) is 151 Å². The van der Waals surface area contributed by atoms with E-state index in [0.29, 0.717) is 26.4 Å². The highest BCUT2D eigenvalue weighted by atomic mass is 32.3. The summed E-state index contributed by atoms with van der Waals surface area (Å²) in [7, 11) is 0. The molecule has 0 aliphatic carbocycles. The van der Waals surface area contributed by atoms with E-state index in [1.165, 1.54) is 140 Å². The molecule has 0 aromatic rings. The quantitative estimate of drug-likeness (QED) is 0.109. The molecule has 0 saturated carbocycles. The summed E-state index contributed by atoms with van der Waals surface area (Å²) in [5.74, 6) is 6.39. The minimum Gasteiger partial charge on any atom is -0.378 e. The van der Waals surface area contributed by atoms with Crippen LogP contribution in [0.5, 0.6) is 0 Å². The average molecular weight is 1010 g/mol. The predicted molar refractivity (Wildman–Crippen MR) is 282 cm³/mol. The van der Waals surface area contributed by atoms with Crippen LogP contribution in [0.1, 0.15) is 117 Å². The van der Waals surface area contributed by atoms with Crippen molar-refractivity contribution in [3.63, 3.8) is 0 Å². The first-order valence-corrected chi connectivity index (χ1v) is 32.4. The zero-order valence-corrected chi connectivity index (χ0v) is 44.3. The third-order valence-electron chi connectivity index (χ3n) is 8.84. The predicted octanol–water partition coefficient (Wildman–Crippen LogP) is 16.7. The van der Waals surface area contributed by atoms with Gasteiger partial charge in [-0.2, -0.15) is 0 Å². The Bertz CT molecular complexity index is 1130. The van der Waals surface area contributed by atoms with Crippen LogP contribution in [-0.4, -0.2) is 92.5 Å². The average Bonchev–Trinajstić information content (AvgIpc) is 3.96. The molecule has 16 heteroatoms. The van der Waals surface area contributed by atoms with Gasteiger partial charge < -0.3 is 18.9 Å². The molecule has 0 spiro atoms. The van der Waals surface area contributed by atoms with Gasteiger partial charge in [-0.3, -0.25) is 0 Å². The Morgan fingerprint density at radius 2 is 0.684 bits per heavy atom. The van der Waals surface area contributed by atoms with Crippen molar-refractivity contribution in [2.75, 3.05) is 92.5 Å². The zero-order valence-electron chi connectivity index (χ0n) is 34.5. The highest BCUT2D eigenvalue weighted by molar-refractivity contribution is 8.45. The van der Waals surface area contributed by atoms with E-state index in [0.717, 1.165) is 54.5 Å². The molecule has 0 atom stereocenters. The van der Waals surface area contributed by atoms with Crippen molar-refractivity contribution >= 4 is 141 Å². The summed E-state index contributed by atoms with van der Waals surface area (Å²) in [6.45, 7) is 10.3. The van der Waals surface area contributed by atoms with Crippen LogP contribution < -0.4 is 0 Å². The summed E-state index contributed by atoms with van der Waals surface area (Å²) in [6.07, 6.45) is 22.2. The van der Waals surface area contributed by atoms with Crippen molar-refractivity contribution in [3.8, 4) is 0 Å². The van der Waals surface area contributed by atoms with Gasteiger partial charge in [0.15, 0.2) is 0 Å². The number of rotatable bonds is 20. The van der Waals surface area contributed by atoms with Gasteiger partial charge in [0.1, 0.15) is 0 Å². The van der Waals surface area contributed by atoms with Gasteiger partial charge in [-0.05, 0) is 24.3 Å². The molecule has 0 fully saturated rings. The molecule has 0 N–H and O–H groups in total. The van der Waals surface area contributed by atoms with Crippen LogP contribution in [0.4, 0.5) is 0 Å². The van der Waals surface area contributed by atoms with E-state index in [2.05, 4.69) is 60.9 Å². The Hall–Kier alpha value is 3.00. The van der Waals surface area contributed by atoms with Crippen molar-refractivity contribution in [1.82, 2.24) is 0 Å². The van der Waals surface area contributed by atoms with E-state index in [1.807, 2.05) is 94.1 Å². The number of hydrogen-bond acceptors (Lipinski definition) is 16. The Balaban J connectivity index is 1.27. The number of hydrogen-bond donors (Lipinski definition) is 0. The highest BCUT2D eigenvalue weighted by Gasteiger charge is 2.31. The first-order valence-electron chi connectivity index (χ1n) is 21.3. The second kappa shape index (κ2) is 36.2. The van der Waals surface area contributed by atoms with E-state index in [1.54, 1.807) is 8.47 Å². The molecule has 4 rings (SSSR count). The summed E-state index contributed by atoms with van der Waals surface area (Å²) in [5.41, 5.74) is 0. The summed E-state index contributed by atoms with van der Waals surface area (Å²) < 4.78 is 35.8. The van der Waals surface area contributed by atoms with Crippen molar-refractivity contribution in [2.24, 2.45) is 0 Å². The van der Waals surface area contributed by atoms with Crippen LogP contribution in [0.25, 0.3) is 0 Å². The summed E-state index contributed by atoms with van der Waals surface area (Å²) in [5, 5.41) is 1.12. The minimum absolute atomic E-state index is 0.659. The smallest absolute Gasteiger partial charge is 0.0717 e. The topological polar surface area (TPSA) is 36.9 Å². The van der Waals surface area contributed by atoms with Crippen LogP contribution in [-0.2, 0) is 18.9 Å². The lowest BCUT2D eigenvalue weighted by molar-refractivity contribution is 0.0605. The SMILES string of the molecule is CCCCCCCCCCSC1=C(SCCCCCCCCCC)SC(=C2SC3=C(SCCOCCOCCSC4=C(SCCOCCOCCS3)SCS4)S2)S1. The van der Waals surface area contributed by atoms with Crippen LogP contribution in [0, 0.1) is 0 Å². The molecule has 4 nitrogen and oxygen atoms in total. The van der Waals surface area contributed by atoms with E-state index >= 15 is 0 Å². The molecule has 0 aromatic carbocycles. The van der Waals surface area contributed by atoms with E-state index in [-0.39, 0.29) is 0 Å². The van der Waals surface area contributed by atoms with Crippen molar-refractivity contribution in [2.45, 2.75) is 117 Å². The Kier molecular flexibility index (Phi) is 33.5. The maximum absolute atomic E-state index is 6.03. The standard InChI is InChI=1S/C41H68O4S12/c1-3-5-7-9-11-13-15-17-27-46-36-37(47-28-18-16-14-12-10-8-6-4-2)55-40(54-36)41-56-38-39(57-41)51-32-26-45-22-20-43-24-30-49-35-34(52-33-53-35)48-29-23-42-19-21-44-25-31-50-38/h3-33H2,1-2H3. The molecule has 4 aliphatic rings. The fraction of sp³-hybridized carbons (Fsp3) is 0.805. The molecule has 0 radical (unpaired) electrons. The van der Waals surface area contributed by atoms with Gasteiger partial charge in [0.25, 0.3) is 0 Å². The van der Waals surface area contributed by atoms with Crippen LogP contribution in [0.15, 0.2) is 33.9 Å². The second-order valence-electron chi connectivity index (χ2n) is 13.6. The molecular weight excluding hydrogens is 941 g/mol. The largest absolute Gasteiger partial charge is 0.378 e. The first-order chi connectivity index (χ1) is 28.3. The van der Waals surface area contributed by atoms with Crippen molar-refractivity contribution in [1.29, 1.82) is 0 Å². The van der Waals surface area contributed by atoms with Gasteiger partial charge in [0.05, 0.1) is 86.8 Å². The van der Waals surface area contributed by atoms with Gasteiger partial charge >= 0.3 is 0 Å². The molecular formula is C41H68O4S12. The van der Waals surface area contributed by atoms with E-state index in [9.17, 15) is 0 Å². The summed E-state index contributed by atoms with van der Waals surface area (Å²) in [6, 6.07) is 0. The lowest BCUT2D eigenvalue weighted by Gasteiger charge is -2.09. The molecule has 0 aromatic heterocycles. The Morgan fingerprint density at radius 3 is 1.07 bits per heavy atom. The third kappa shape index (κ3) is 24.2. The van der Waals surface area contributed by atoms with Crippen LogP contribution in [0.2, 0.25) is 0 Å². The minimum atomic E-state index is 0.659. The Labute approximate surface area is 398 Å². The molecule has 57 heavy (non-hydrogen) atoms. The summed E-state index contributed by atoms with van der Waals surface area (Å²) >= 11 is 24.1. The number of thioether (sulfide) groups is 12. The van der Waals surface area contributed by atoms with Crippen LogP contribution in [0.3, 0.4) is 0 Å². The van der Waals surface area contributed by atoms with E-state index < -0.39 is 0 Å². The normalized spacial score (nSPS) is 20.7. The fourth-order valence-electron chi connectivity index (χ4n) is 5.74. The molecule has 0 bridgehead atoms. The van der Waals surface area contributed by atoms with Gasteiger partial charge in [-0.25, -0.2) is 0 Å². The Morgan fingerprint density at radius 1 is 0.351 bits per heavy atom. The molecule has 4 heterocycles. The highest BCUT2D eigenvalue weighted by Crippen LogP contribution is 2.66. The number of ether oxygens (including phenoxy) is 4. The first kappa shape index (κ1) is 52.6. The summed E-state index contributed by atoms with van der Waals surface area (Å²) in [4.78, 5) is 0. The van der Waals surface area contributed by atoms with Crippen LogP contribution >= 0.6 is 141 Å². The van der Waals surface area contributed by atoms with Gasteiger partial charge in [-0.15, -0.1) is 94.1 Å².